The molecular weight excluding hydrogens is 997 g/mol. The zero-order valence-electron chi connectivity index (χ0n) is 52.5. The van der Waals surface area contributed by atoms with E-state index in [0.29, 0.717) is 19.3 Å². The monoisotopic (exact) mass is 1120 g/mol. The fraction of sp³-hybridized carbons (Fsp3) is 0.640. The van der Waals surface area contributed by atoms with Crippen molar-refractivity contribution in [3.05, 3.63) is 146 Å². The summed E-state index contributed by atoms with van der Waals surface area (Å²) in [7, 11) is 0. The largest absolute Gasteiger partial charge is 0.462 e. The molecule has 0 saturated heterocycles. The number of hydrogen-bond donors (Lipinski definition) is 0. The van der Waals surface area contributed by atoms with Crippen LogP contribution in [0.25, 0.3) is 0 Å². The van der Waals surface area contributed by atoms with Crippen molar-refractivity contribution in [2.24, 2.45) is 0 Å². The number of unbranched alkanes of at least 4 members (excludes halogenated alkanes) is 25. The Morgan fingerprint density at radius 1 is 0.272 bits per heavy atom. The van der Waals surface area contributed by atoms with Crippen LogP contribution >= 0.6 is 0 Å². The summed E-state index contributed by atoms with van der Waals surface area (Å²) in [6.45, 7) is 6.32. The third-order valence-corrected chi connectivity index (χ3v) is 13.8. The smallest absolute Gasteiger partial charge is 0.310 e. The Bertz CT molecular complexity index is 1760. The molecule has 1 atom stereocenters. The van der Waals surface area contributed by atoms with E-state index in [2.05, 4.69) is 154 Å². The van der Waals surface area contributed by atoms with Gasteiger partial charge in [0.15, 0.2) is 6.10 Å². The average Bonchev–Trinajstić information content (AvgIpc) is 3.47. The van der Waals surface area contributed by atoms with Gasteiger partial charge >= 0.3 is 17.9 Å². The Morgan fingerprint density at radius 2 is 0.519 bits per heavy atom. The van der Waals surface area contributed by atoms with Crippen LogP contribution in [0.5, 0.6) is 0 Å². The summed E-state index contributed by atoms with van der Waals surface area (Å²) >= 11 is 0. The van der Waals surface area contributed by atoms with Crippen LogP contribution in [0.15, 0.2) is 146 Å². The fourth-order valence-electron chi connectivity index (χ4n) is 8.93. The molecule has 81 heavy (non-hydrogen) atoms. The molecule has 0 spiro atoms. The molecule has 0 fully saturated rings. The molecule has 6 nitrogen and oxygen atoms in total. The highest BCUT2D eigenvalue weighted by Crippen LogP contribution is 2.16. The molecule has 0 rings (SSSR count). The van der Waals surface area contributed by atoms with Gasteiger partial charge in [0.25, 0.3) is 0 Å². The number of ether oxygens (including phenoxy) is 3. The minimum Gasteiger partial charge on any atom is -0.462 e. The molecule has 0 saturated carbocycles. The van der Waals surface area contributed by atoms with Crippen molar-refractivity contribution in [1.29, 1.82) is 0 Å². The van der Waals surface area contributed by atoms with Gasteiger partial charge in [-0.05, 0) is 122 Å². The van der Waals surface area contributed by atoms with Crippen molar-refractivity contribution in [1.82, 2.24) is 0 Å². The van der Waals surface area contributed by atoms with Gasteiger partial charge in [0.05, 0.1) is 6.42 Å². The minimum absolute atomic E-state index is 0.0914. The average molecular weight is 1120 g/mol. The second-order valence-corrected chi connectivity index (χ2v) is 21.6. The molecule has 0 aliphatic rings. The Morgan fingerprint density at radius 3 is 0.827 bits per heavy atom. The predicted octanol–water partition coefficient (Wildman–Crippen LogP) is 23.1. The molecule has 0 bridgehead atoms. The van der Waals surface area contributed by atoms with E-state index in [9.17, 15) is 14.4 Å². The highest BCUT2D eigenvalue weighted by molar-refractivity contribution is 5.72. The maximum atomic E-state index is 12.8. The molecule has 1 unspecified atom stereocenters. The minimum atomic E-state index is -0.841. The fourth-order valence-corrected chi connectivity index (χ4v) is 8.93. The zero-order valence-corrected chi connectivity index (χ0v) is 52.5. The summed E-state index contributed by atoms with van der Waals surface area (Å²) in [5, 5.41) is 0. The highest BCUT2D eigenvalue weighted by Gasteiger charge is 2.19. The molecule has 0 aromatic rings. The lowest BCUT2D eigenvalue weighted by Gasteiger charge is -2.18. The maximum Gasteiger partial charge on any atom is 0.310 e. The summed E-state index contributed by atoms with van der Waals surface area (Å²) < 4.78 is 16.8. The first-order valence-corrected chi connectivity index (χ1v) is 33.3. The Balaban J connectivity index is 4.29. The lowest BCUT2D eigenvalue weighted by atomic mass is 10.0. The summed E-state index contributed by atoms with van der Waals surface area (Å²) in [4.78, 5) is 38.2. The molecule has 0 aromatic carbocycles. The number of allylic oxidation sites excluding steroid dienone is 23. The van der Waals surface area contributed by atoms with Gasteiger partial charge in [-0.2, -0.15) is 0 Å². The molecule has 0 amide bonds. The van der Waals surface area contributed by atoms with Gasteiger partial charge in [-0.15, -0.1) is 0 Å². The maximum absolute atomic E-state index is 12.8. The van der Waals surface area contributed by atoms with Crippen molar-refractivity contribution >= 4 is 17.9 Å². The van der Waals surface area contributed by atoms with Crippen LogP contribution in [-0.2, 0) is 28.6 Å². The van der Waals surface area contributed by atoms with Crippen LogP contribution in [0.2, 0.25) is 0 Å². The predicted molar refractivity (Wildman–Crippen MR) is 352 cm³/mol. The third kappa shape index (κ3) is 66.0. The van der Waals surface area contributed by atoms with E-state index in [1.54, 1.807) is 6.08 Å². The normalized spacial score (nSPS) is 13.1. The van der Waals surface area contributed by atoms with Crippen molar-refractivity contribution in [2.45, 2.75) is 297 Å². The quantitative estimate of drug-likeness (QED) is 0.0261. The molecule has 0 aliphatic heterocycles. The summed E-state index contributed by atoms with van der Waals surface area (Å²) in [5.41, 5.74) is 0. The number of carbonyl (C=O) groups is 3. The van der Waals surface area contributed by atoms with E-state index in [4.69, 9.17) is 14.2 Å². The Kier molecular flexibility index (Phi) is 63.9. The molecule has 0 radical (unpaired) electrons. The number of rotatable bonds is 59. The van der Waals surface area contributed by atoms with Crippen LogP contribution in [0, 0.1) is 0 Å². The second kappa shape index (κ2) is 67.8. The van der Waals surface area contributed by atoms with Crippen LogP contribution in [0.3, 0.4) is 0 Å². The number of hydrogen-bond acceptors (Lipinski definition) is 6. The molecule has 458 valence electrons. The van der Waals surface area contributed by atoms with E-state index < -0.39 is 12.1 Å². The van der Waals surface area contributed by atoms with Crippen LogP contribution < -0.4 is 0 Å². The molecule has 6 heteroatoms. The van der Waals surface area contributed by atoms with E-state index >= 15 is 0 Å². The van der Waals surface area contributed by atoms with Gasteiger partial charge in [-0.1, -0.05) is 295 Å². The Labute approximate surface area is 499 Å². The van der Waals surface area contributed by atoms with Gasteiger partial charge in [0.1, 0.15) is 13.2 Å². The van der Waals surface area contributed by atoms with Crippen molar-refractivity contribution in [3.63, 3.8) is 0 Å². The van der Waals surface area contributed by atoms with Crippen molar-refractivity contribution < 1.29 is 28.6 Å². The van der Waals surface area contributed by atoms with Gasteiger partial charge in [-0.25, -0.2) is 0 Å². The van der Waals surface area contributed by atoms with Gasteiger partial charge < -0.3 is 14.2 Å². The Hall–Kier alpha value is -4.71. The lowest BCUT2D eigenvalue weighted by Crippen LogP contribution is -2.30. The first-order valence-electron chi connectivity index (χ1n) is 33.3. The molecule has 0 heterocycles. The summed E-state index contributed by atoms with van der Waals surface area (Å²) in [6.07, 6.45) is 97.5. The molecule has 0 aromatic heterocycles. The van der Waals surface area contributed by atoms with E-state index in [1.165, 1.54) is 128 Å². The zero-order chi connectivity index (χ0) is 58.5. The van der Waals surface area contributed by atoms with Crippen LogP contribution in [-0.4, -0.2) is 37.2 Å². The topological polar surface area (TPSA) is 78.9 Å². The summed E-state index contributed by atoms with van der Waals surface area (Å²) in [6, 6.07) is 0. The van der Waals surface area contributed by atoms with Crippen LogP contribution in [0.1, 0.15) is 290 Å². The van der Waals surface area contributed by atoms with Gasteiger partial charge in [0.2, 0.25) is 0 Å². The third-order valence-electron chi connectivity index (χ3n) is 13.8. The first kappa shape index (κ1) is 76.3. The van der Waals surface area contributed by atoms with Crippen molar-refractivity contribution in [3.8, 4) is 0 Å². The number of carbonyl (C=O) groups excluding carboxylic acids is 3. The molecule has 0 aliphatic carbocycles. The van der Waals surface area contributed by atoms with E-state index in [-0.39, 0.29) is 31.6 Å². The van der Waals surface area contributed by atoms with E-state index in [0.717, 1.165) is 116 Å². The van der Waals surface area contributed by atoms with E-state index in [1.807, 2.05) is 6.08 Å². The second-order valence-electron chi connectivity index (χ2n) is 21.6. The number of esters is 3. The molecule has 0 N–H and O–H groups in total. The standard InChI is InChI=1S/C75H122O6/c1-4-7-10-13-16-19-22-25-28-29-30-31-32-33-34-35-36-37-38-39-40-41-42-43-44-45-48-50-53-56-59-62-65-68-74(77)80-71-72(81-75(78)69-66-63-60-57-54-51-47-27-24-21-18-15-12-9-6-3)70-79-73(76)67-64-61-58-55-52-49-46-26-23-20-17-14-11-8-5-2/h7,9-10,12,16,18-19,21,25-28,30-31,33-34,36-37,46-47,54,57,63,66,72H,4-6,8,11,13-15,17,20,22-24,29,32,35,38-45,48-53,55-56,58-62,64-65,67-71H2,1-3H3/b10-7-,12-9-,19-16-,21-18-,28-25-,31-30-,34-33-,37-36-,46-26-,47-27-,57-54-,66-63-. The summed E-state index contributed by atoms with van der Waals surface area (Å²) in [5.74, 6) is -1.06. The lowest BCUT2D eigenvalue weighted by molar-refractivity contribution is -0.166. The highest BCUT2D eigenvalue weighted by atomic mass is 16.6. The SMILES string of the molecule is CC/C=C\C/C=C\C/C=C\C/C=C\C/C=C\C/C=C\CCCCCCCCCCCCCCCCC(=O)OCC(COC(=O)CCCCCCC/C=C\CCCCCCCC)OC(=O)C/C=C\C/C=C\C/C=C\C/C=C\C/C=C\CC. The molecular formula is C75H122O6. The first-order chi connectivity index (χ1) is 40.0. The van der Waals surface area contributed by atoms with Crippen LogP contribution in [0.4, 0.5) is 0 Å². The van der Waals surface area contributed by atoms with Gasteiger partial charge in [0, 0.05) is 12.8 Å². The van der Waals surface area contributed by atoms with Gasteiger partial charge in [-0.3, -0.25) is 14.4 Å². The van der Waals surface area contributed by atoms with Crippen molar-refractivity contribution in [2.75, 3.05) is 13.2 Å².